The van der Waals surface area contributed by atoms with Gasteiger partial charge < -0.3 is 5.32 Å². The van der Waals surface area contributed by atoms with Crippen molar-refractivity contribution in [3.05, 3.63) is 45.7 Å². The first kappa shape index (κ1) is 11.3. The highest BCUT2D eigenvalue weighted by atomic mass is 127. The number of anilines is 2. The summed E-state index contributed by atoms with van der Waals surface area (Å²) in [7, 11) is 0. The van der Waals surface area contributed by atoms with Crippen LogP contribution < -0.4 is 5.32 Å². The van der Waals surface area contributed by atoms with Crippen molar-refractivity contribution in [3.63, 3.8) is 0 Å². The molecule has 1 heterocycles. The first-order chi connectivity index (χ1) is 7.66. The molecule has 5 heteroatoms. The molecule has 0 aliphatic heterocycles. The highest BCUT2D eigenvalue weighted by molar-refractivity contribution is 14.1. The molecule has 3 nitrogen and oxygen atoms in total. The third kappa shape index (κ3) is 2.46. The minimum absolute atomic E-state index is 0.267. The smallest absolute Gasteiger partial charge is 0.147 e. The molecule has 0 amide bonds. The van der Waals surface area contributed by atoms with Gasteiger partial charge in [-0.3, -0.25) is 0 Å². The summed E-state index contributed by atoms with van der Waals surface area (Å²) in [5.41, 5.74) is 1.69. The van der Waals surface area contributed by atoms with Crippen LogP contribution in [0.1, 0.15) is 5.56 Å². The second-order valence-electron chi connectivity index (χ2n) is 3.30. The first-order valence-corrected chi connectivity index (χ1v) is 5.73. The molecule has 0 aliphatic carbocycles. The number of aryl methyl sites for hydroxylation is 1. The molecule has 0 radical (unpaired) electrons. The van der Waals surface area contributed by atoms with E-state index in [0.29, 0.717) is 5.82 Å². The highest BCUT2D eigenvalue weighted by Gasteiger charge is 2.04. The van der Waals surface area contributed by atoms with Gasteiger partial charge in [-0.25, -0.2) is 14.4 Å². The lowest BCUT2D eigenvalue weighted by atomic mass is 10.2. The zero-order valence-corrected chi connectivity index (χ0v) is 10.7. The van der Waals surface area contributed by atoms with E-state index < -0.39 is 0 Å². The van der Waals surface area contributed by atoms with Crippen LogP contribution in [0.25, 0.3) is 0 Å². The molecule has 0 saturated carbocycles. The summed E-state index contributed by atoms with van der Waals surface area (Å²) in [5.74, 6) is 0.418. The number of nitrogens with zero attached hydrogens (tertiary/aromatic N) is 2. The molecule has 0 unspecified atom stereocenters. The van der Waals surface area contributed by atoms with Crippen LogP contribution in [0, 0.1) is 16.3 Å². The van der Waals surface area contributed by atoms with Crippen LogP contribution in [0.2, 0.25) is 0 Å². The Morgan fingerprint density at radius 3 is 2.94 bits per heavy atom. The van der Waals surface area contributed by atoms with Crippen LogP contribution in [-0.4, -0.2) is 9.97 Å². The van der Waals surface area contributed by atoms with Crippen molar-refractivity contribution in [1.82, 2.24) is 9.97 Å². The summed E-state index contributed by atoms with van der Waals surface area (Å²) >= 11 is 2.13. The fourth-order valence-corrected chi connectivity index (χ4v) is 1.70. The summed E-state index contributed by atoms with van der Waals surface area (Å²) in [6.07, 6.45) is 3.16. The molecule has 1 aromatic heterocycles. The number of aromatic nitrogens is 2. The molecule has 0 spiro atoms. The van der Waals surface area contributed by atoms with E-state index in [-0.39, 0.29) is 5.82 Å². The van der Waals surface area contributed by atoms with E-state index in [9.17, 15) is 4.39 Å². The van der Waals surface area contributed by atoms with Crippen molar-refractivity contribution in [2.24, 2.45) is 0 Å². The maximum atomic E-state index is 13.1. The second-order valence-corrected chi connectivity index (χ2v) is 4.47. The second kappa shape index (κ2) is 4.73. The molecule has 0 bridgehead atoms. The fraction of sp³-hybridized carbons (Fsp3) is 0.0909. The van der Waals surface area contributed by atoms with Crippen molar-refractivity contribution in [2.75, 3.05) is 5.32 Å². The Morgan fingerprint density at radius 2 is 2.19 bits per heavy atom. The van der Waals surface area contributed by atoms with Crippen molar-refractivity contribution < 1.29 is 4.39 Å². The van der Waals surface area contributed by atoms with E-state index >= 15 is 0 Å². The summed E-state index contributed by atoms with van der Waals surface area (Å²) in [6, 6.07) is 4.62. The van der Waals surface area contributed by atoms with Gasteiger partial charge in [-0.1, -0.05) is 6.07 Å². The van der Waals surface area contributed by atoms with E-state index in [1.54, 1.807) is 12.3 Å². The number of hydrogen-bond donors (Lipinski definition) is 1. The summed E-state index contributed by atoms with van der Waals surface area (Å²) in [4.78, 5) is 7.99. The van der Waals surface area contributed by atoms with Crippen LogP contribution in [0.3, 0.4) is 0 Å². The van der Waals surface area contributed by atoms with Crippen molar-refractivity contribution in [3.8, 4) is 0 Å². The van der Waals surface area contributed by atoms with E-state index in [1.165, 1.54) is 18.5 Å². The van der Waals surface area contributed by atoms with Crippen LogP contribution in [-0.2, 0) is 0 Å². The van der Waals surface area contributed by atoms with Gasteiger partial charge in [0, 0.05) is 11.9 Å². The lowest BCUT2D eigenvalue weighted by molar-refractivity contribution is 0.628. The largest absolute Gasteiger partial charge is 0.339 e. The molecule has 0 aliphatic rings. The van der Waals surface area contributed by atoms with Gasteiger partial charge in [0.15, 0.2) is 0 Å². The van der Waals surface area contributed by atoms with Gasteiger partial charge in [0.05, 0.1) is 3.57 Å². The molecule has 16 heavy (non-hydrogen) atoms. The lowest BCUT2D eigenvalue weighted by Crippen LogP contribution is -1.99. The lowest BCUT2D eigenvalue weighted by Gasteiger charge is -2.09. The van der Waals surface area contributed by atoms with Crippen LogP contribution >= 0.6 is 22.6 Å². The molecule has 2 rings (SSSR count). The number of halogens is 2. The van der Waals surface area contributed by atoms with Crippen molar-refractivity contribution >= 4 is 34.1 Å². The molecule has 0 atom stereocenters. The molecule has 1 aromatic carbocycles. The SMILES string of the molecule is Cc1ccc(F)cc1Nc1ncncc1I. The van der Waals surface area contributed by atoms with E-state index in [4.69, 9.17) is 0 Å². The van der Waals surface area contributed by atoms with Gasteiger partial charge in [0.2, 0.25) is 0 Å². The minimum atomic E-state index is -0.267. The molecule has 1 N–H and O–H groups in total. The maximum Gasteiger partial charge on any atom is 0.147 e. The Morgan fingerprint density at radius 1 is 1.38 bits per heavy atom. The van der Waals surface area contributed by atoms with Crippen molar-refractivity contribution in [1.29, 1.82) is 0 Å². The Balaban J connectivity index is 2.34. The molecule has 0 fully saturated rings. The molecule has 82 valence electrons. The third-order valence-corrected chi connectivity index (χ3v) is 2.91. The minimum Gasteiger partial charge on any atom is -0.339 e. The number of benzene rings is 1. The van der Waals surface area contributed by atoms with Crippen LogP contribution in [0.15, 0.2) is 30.7 Å². The fourth-order valence-electron chi connectivity index (χ4n) is 1.26. The summed E-state index contributed by atoms with van der Waals surface area (Å²) in [6.45, 7) is 1.91. The monoisotopic (exact) mass is 329 g/mol. The first-order valence-electron chi connectivity index (χ1n) is 4.65. The van der Waals surface area contributed by atoms with Gasteiger partial charge >= 0.3 is 0 Å². The van der Waals surface area contributed by atoms with Crippen LogP contribution in [0.4, 0.5) is 15.9 Å². The number of rotatable bonds is 2. The predicted molar refractivity (Wildman–Crippen MR) is 69.2 cm³/mol. The molecular weight excluding hydrogens is 320 g/mol. The van der Waals surface area contributed by atoms with E-state index in [2.05, 4.69) is 37.9 Å². The number of nitrogens with one attached hydrogen (secondary N) is 1. The molecule has 0 saturated heterocycles. The summed E-state index contributed by atoms with van der Waals surface area (Å²) < 4.78 is 14.0. The Labute approximate surface area is 106 Å². The van der Waals surface area contributed by atoms with Gasteiger partial charge in [0.25, 0.3) is 0 Å². The standard InChI is InChI=1S/C11H9FIN3/c1-7-2-3-8(12)4-10(7)16-11-9(13)5-14-6-15-11/h2-6H,1H3,(H,14,15,16). The zero-order chi connectivity index (χ0) is 11.5. The number of hydrogen-bond acceptors (Lipinski definition) is 3. The Hall–Kier alpha value is -1.24. The van der Waals surface area contributed by atoms with Crippen LogP contribution in [0.5, 0.6) is 0 Å². The molecular formula is C11H9FIN3. The van der Waals surface area contributed by atoms with Gasteiger partial charge in [-0.2, -0.15) is 0 Å². The highest BCUT2D eigenvalue weighted by Crippen LogP contribution is 2.22. The van der Waals surface area contributed by atoms with Gasteiger partial charge in [0.1, 0.15) is 18.0 Å². The predicted octanol–water partition coefficient (Wildman–Crippen LogP) is 3.27. The zero-order valence-electron chi connectivity index (χ0n) is 8.54. The van der Waals surface area contributed by atoms with Gasteiger partial charge in [-0.05, 0) is 47.2 Å². The summed E-state index contributed by atoms with van der Waals surface area (Å²) in [5, 5.41) is 3.08. The van der Waals surface area contributed by atoms with E-state index in [0.717, 1.165) is 14.8 Å². The Kier molecular flexibility index (Phi) is 3.33. The third-order valence-electron chi connectivity index (χ3n) is 2.12. The normalized spacial score (nSPS) is 10.2. The maximum absolute atomic E-state index is 13.1. The van der Waals surface area contributed by atoms with E-state index in [1.807, 2.05) is 6.92 Å². The topological polar surface area (TPSA) is 37.8 Å². The quantitative estimate of drug-likeness (QED) is 0.860. The average Bonchev–Trinajstić information content (AvgIpc) is 2.27. The van der Waals surface area contributed by atoms with Crippen molar-refractivity contribution in [2.45, 2.75) is 6.92 Å². The van der Waals surface area contributed by atoms with Gasteiger partial charge in [-0.15, -0.1) is 0 Å². The molecule has 2 aromatic rings. The average molecular weight is 329 g/mol. The Bertz CT molecular complexity index is 516.